The summed E-state index contributed by atoms with van der Waals surface area (Å²) in [6.07, 6.45) is 5.64. The number of nitrogens with one attached hydrogen (secondary N) is 1. The van der Waals surface area contributed by atoms with Crippen LogP contribution >= 0.6 is 0 Å². The van der Waals surface area contributed by atoms with Crippen LogP contribution in [-0.2, 0) is 4.74 Å². The zero-order valence-electron chi connectivity index (χ0n) is 10.4. The number of hydrogen-bond acceptors (Lipinski definition) is 3. The van der Waals surface area contributed by atoms with Crippen molar-refractivity contribution in [3.05, 3.63) is 0 Å². The number of hydrogen-bond donors (Lipinski definition) is 2. The van der Waals surface area contributed by atoms with Crippen LogP contribution < -0.4 is 5.32 Å². The summed E-state index contributed by atoms with van der Waals surface area (Å²) in [5.41, 5.74) is 0.405. The topological polar surface area (TPSA) is 41.5 Å². The van der Waals surface area contributed by atoms with Crippen LogP contribution in [0.2, 0.25) is 0 Å². The van der Waals surface area contributed by atoms with Crippen LogP contribution in [0, 0.1) is 11.3 Å². The van der Waals surface area contributed by atoms with E-state index in [1.54, 1.807) is 0 Å². The third kappa shape index (κ3) is 3.19. The molecule has 16 heavy (non-hydrogen) atoms. The number of ether oxygens (including phenoxy) is 1. The van der Waals surface area contributed by atoms with Crippen LogP contribution in [-0.4, -0.2) is 37.5 Å². The Morgan fingerprint density at radius 3 is 2.69 bits per heavy atom. The van der Waals surface area contributed by atoms with Crippen LogP contribution in [0.15, 0.2) is 0 Å². The van der Waals surface area contributed by atoms with Gasteiger partial charge in [0.25, 0.3) is 0 Å². The molecular weight excluding hydrogens is 202 g/mol. The largest absolute Gasteiger partial charge is 0.393 e. The molecule has 0 amide bonds. The molecule has 2 unspecified atom stereocenters. The molecule has 3 nitrogen and oxygen atoms in total. The third-order valence-electron chi connectivity index (χ3n) is 4.28. The molecule has 0 bridgehead atoms. The van der Waals surface area contributed by atoms with Crippen LogP contribution in [0.25, 0.3) is 0 Å². The molecule has 1 saturated heterocycles. The molecule has 3 heteroatoms. The molecule has 2 atom stereocenters. The van der Waals surface area contributed by atoms with E-state index in [4.69, 9.17) is 4.74 Å². The van der Waals surface area contributed by atoms with Gasteiger partial charge in [-0.3, -0.25) is 0 Å². The van der Waals surface area contributed by atoms with Crippen molar-refractivity contribution >= 4 is 0 Å². The van der Waals surface area contributed by atoms with Crippen molar-refractivity contribution in [2.45, 2.75) is 45.1 Å². The lowest BCUT2D eigenvalue weighted by Crippen LogP contribution is -2.39. The molecule has 1 aliphatic carbocycles. The standard InChI is InChI=1S/C13H25NO2/c1-13(5-7-16-8-6-13)10-14-9-11-3-2-4-12(11)15/h11-12,14-15H,2-10H2,1H3. The first-order valence-electron chi connectivity index (χ1n) is 6.66. The number of rotatable bonds is 4. The highest BCUT2D eigenvalue weighted by Crippen LogP contribution is 2.29. The van der Waals surface area contributed by atoms with Crippen molar-refractivity contribution in [1.29, 1.82) is 0 Å². The highest BCUT2D eigenvalue weighted by Gasteiger charge is 2.29. The Labute approximate surface area is 98.6 Å². The Morgan fingerprint density at radius 1 is 1.31 bits per heavy atom. The zero-order valence-corrected chi connectivity index (χ0v) is 10.4. The molecule has 0 spiro atoms. The summed E-state index contributed by atoms with van der Waals surface area (Å²) in [6.45, 7) is 6.21. The Morgan fingerprint density at radius 2 is 2.06 bits per heavy atom. The normalized spacial score (nSPS) is 34.1. The lowest BCUT2D eigenvalue weighted by molar-refractivity contribution is 0.0229. The van der Waals surface area contributed by atoms with E-state index in [9.17, 15) is 5.11 Å². The Bertz CT molecular complexity index is 214. The second-order valence-electron chi connectivity index (χ2n) is 5.81. The van der Waals surface area contributed by atoms with Crippen molar-refractivity contribution in [1.82, 2.24) is 5.32 Å². The van der Waals surface area contributed by atoms with Crippen LogP contribution in [0.1, 0.15) is 39.0 Å². The number of aliphatic hydroxyl groups excluding tert-OH is 1. The van der Waals surface area contributed by atoms with Crippen molar-refractivity contribution in [2.75, 3.05) is 26.3 Å². The van der Waals surface area contributed by atoms with Crippen LogP contribution in [0.5, 0.6) is 0 Å². The quantitative estimate of drug-likeness (QED) is 0.766. The number of aliphatic hydroxyl groups is 1. The molecule has 1 saturated carbocycles. The molecule has 2 N–H and O–H groups in total. The highest BCUT2D eigenvalue weighted by atomic mass is 16.5. The van der Waals surface area contributed by atoms with Gasteiger partial charge in [-0.1, -0.05) is 13.3 Å². The average Bonchev–Trinajstić information content (AvgIpc) is 2.65. The molecule has 1 heterocycles. The van der Waals surface area contributed by atoms with E-state index in [1.807, 2.05) is 0 Å². The van der Waals surface area contributed by atoms with Crippen molar-refractivity contribution < 1.29 is 9.84 Å². The van der Waals surface area contributed by atoms with Gasteiger partial charge in [0.1, 0.15) is 0 Å². The third-order valence-corrected chi connectivity index (χ3v) is 4.28. The lowest BCUT2D eigenvalue weighted by Gasteiger charge is -2.34. The van der Waals surface area contributed by atoms with Crippen molar-refractivity contribution in [3.8, 4) is 0 Å². The zero-order chi connectivity index (χ0) is 11.4. The smallest absolute Gasteiger partial charge is 0.0580 e. The van der Waals surface area contributed by atoms with Gasteiger partial charge < -0.3 is 15.2 Å². The van der Waals surface area contributed by atoms with Gasteiger partial charge in [-0.15, -0.1) is 0 Å². The molecule has 0 radical (unpaired) electrons. The minimum atomic E-state index is -0.0602. The molecule has 1 aliphatic heterocycles. The summed E-state index contributed by atoms with van der Waals surface area (Å²) in [7, 11) is 0. The van der Waals surface area contributed by atoms with Gasteiger partial charge in [-0.2, -0.15) is 0 Å². The van der Waals surface area contributed by atoms with E-state index in [2.05, 4.69) is 12.2 Å². The van der Waals surface area contributed by atoms with Gasteiger partial charge >= 0.3 is 0 Å². The SMILES string of the molecule is CC1(CNCC2CCCC2O)CCOCC1. The molecule has 2 fully saturated rings. The second-order valence-corrected chi connectivity index (χ2v) is 5.81. The van der Waals surface area contributed by atoms with Gasteiger partial charge in [0.05, 0.1) is 6.10 Å². The van der Waals surface area contributed by atoms with Gasteiger partial charge in [-0.05, 0) is 37.0 Å². The predicted molar refractivity (Wildman–Crippen MR) is 64.4 cm³/mol. The van der Waals surface area contributed by atoms with E-state index in [0.29, 0.717) is 11.3 Å². The van der Waals surface area contributed by atoms with E-state index < -0.39 is 0 Å². The maximum atomic E-state index is 9.73. The van der Waals surface area contributed by atoms with E-state index in [-0.39, 0.29) is 6.10 Å². The molecule has 0 aromatic heterocycles. The predicted octanol–water partition coefficient (Wildman–Crippen LogP) is 1.55. The maximum Gasteiger partial charge on any atom is 0.0580 e. The molecule has 2 aliphatic rings. The van der Waals surface area contributed by atoms with Gasteiger partial charge in [0.2, 0.25) is 0 Å². The minimum Gasteiger partial charge on any atom is -0.393 e. The molecule has 0 aromatic rings. The summed E-state index contributed by atoms with van der Waals surface area (Å²) in [4.78, 5) is 0. The maximum absolute atomic E-state index is 9.73. The van der Waals surface area contributed by atoms with Crippen LogP contribution in [0.4, 0.5) is 0 Å². The van der Waals surface area contributed by atoms with E-state index in [1.165, 1.54) is 12.8 Å². The summed E-state index contributed by atoms with van der Waals surface area (Å²) in [5.74, 6) is 0.489. The second kappa shape index (κ2) is 5.48. The minimum absolute atomic E-state index is 0.0602. The summed E-state index contributed by atoms with van der Waals surface area (Å²) < 4.78 is 5.39. The molecule has 0 aromatic carbocycles. The first kappa shape index (κ1) is 12.3. The van der Waals surface area contributed by atoms with Gasteiger partial charge in [0.15, 0.2) is 0 Å². The summed E-state index contributed by atoms with van der Waals surface area (Å²) in [6, 6.07) is 0. The first-order valence-corrected chi connectivity index (χ1v) is 6.66. The monoisotopic (exact) mass is 227 g/mol. The fourth-order valence-corrected chi connectivity index (χ4v) is 2.86. The highest BCUT2D eigenvalue weighted by molar-refractivity contribution is 4.82. The van der Waals surface area contributed by atoms with Gasteiger partial charge in [0, 0.05) is 26.3 Å². The van der Waals surface area contributed by atoms with E-state index >= 15 is 0 Å². The fraction of sp³-hybridized carbons (Fsp3) is 1.00. The summed E-state index contributed by atoms with van der Waals surface area (Å²) in [5, 5.41) is 13.3. The van der Waals surface area contributed by atoms with Crippen molar-refractivity contribution in [2.24, 2.45) is 11.3 Å². The van der Waals surface area contributed by atoms with Crippen LogP contribution in [0.3, 0.4) is 0 Å². The Kier molecular flexibility index (Phi) is 4.22. The molecular formula is C13H25NO2. The lowest BCUT2D eigenvalue weighted by atomic mass is 9.82. The molecule has 2 rings (SSSR count). The Hall–Kier alpha value is -0.120. The summed E-state index contributed by atoms with van der Waals surface area (Å²) >= 11 is 0. The molecule has 94 valence electrons. The van der Waals surface area contributed by atoms with E-state index in [0.717, 1.165) is 45.6 Å². The first-order chi connectivity index (χ1) is 7.70. The average molecular weight is 227 g/mol. The van der Waals surface area contributed by atoms with Crippen molar-refractivity contribution in [3.63, 3.8) is 0 Å². The fourth-order valence-electron chi connectivity index (χ4n) is 2.86. The van der Waals surface area contributed by atoms with Gasteiger partial charge in [-0.25, -0.2) is 0 Å². The Balaban J connectivity index is 1.66.